The van der Waals surface area contributed by atoms with Gasteiger partial charge < -0.3 is 14.2 Å². The van der Waals surface area contributed by atoms with Crippen molar-refractivity contribution in [2.24, 2.45) is 0 Å². The molecule has 1 heterocycles. The van der Waals surface area contributed by atoms with E-state index in [4.69, 9.17) is 25.8 Å². The molecule has 0 aromatic heterocycles. The normalized spacial score (nSPS) is 20.9. The molecule has 2 rings (SSSR count). The van der Waals surface area contributed by atoms with Gasteiger partial charge in [0, 0.05) is 17.7 Å². The molecule has 0 saturated heterocycles. The van der Waals surface area contributed by atoms with Crippen LogP contribution in [0, 0.1) is 0 Å². The van der Waals surface area contributed by atoms with Crippen molar-refractivity contribution in [2.45, 2.75) is 12.9 Å². The molecule has 1 atom stereocenters. The zero-order valence-electron chi connectivity index (χ0n) is 7.83. The number of hydrogen-bond acceptors (Lipinski definition) is 3. The van der Waals surface area contributed by atoms with Crippen molar-refractivity contribution in [1.29, 1.82) is 0 Å². The van der Waals surface area contributed by atoms with Gasteiger partial charge in [0.25, 0.3) is 0 Å². The number of fused-ring (bicyclic) bond motifs is 1. The fourth-order valence-corrected chi connectivity index (χ4v) is 1.52. The number of hydrogen-bond donors (Lipinski definition) is 0. The zero-order valence-corrected chi connectivity index (χ0v) is 8.58. The summed E-state index contributed by atoms with van der Waals surface area (Å²) < 4.78 is 16.0. The van der Waals surface area contributed by atoms with Gasteiger partial charge in [-0.15, -0.1) is 0 Å². The lowest BCUT2D eigenvalue weighted by atomic mass is 10.2. The van der Waals surface area contributed by atoms with Crippen molar-refractivity contribution in [2.75, 3.05) is 13.7 Å². The highest BCUT2D eigenvalue weighted by Crippen LogP contribution is 2.26. The molecule has 0 saturated carbocycles. The minimum Gasteiger partial charge on any atom is -0.488 e. The monoisotopic (exact) mass is 214 g/mol. The lowest BCUT2D eigenvalue weighted by molar-refractivity contribution is -0.141. The van der Waals surface area contributed by atoms with E-state index in [1.54, 1.807) is 13.2 Å². The van der Waals surface area contributed by atoms with Crippen LogP contribution in [0.25, 0.3) is 0 Å². The molecule has 0 amide bonds. The van der Waals surface area contributed by atoms with Crippen LogP contribution in [0.2, 0.25) is 5.02 Å². The number of benzene rings is 1. The largest absolute Gasteiger partial charge is 0.488 e. The lowest BCUT2D eigenvalue weighted by Crippen LogP contribution is -2.20. The summed E-state index contributed by atoms with van der Waals surface area (Å²) in [6, 6.07) is 5.49. The summed E-state index contributed by atoms with van der Waals surface area (Å²) >= 11 is 5.86. The molecule has 76 valence electrons. The van der Waals surface area contributed by atoms with E-state index in [2.05, 4.69) is 0 Å². The SMILES string of the molecule is COC1COc2ccc(Cl)cc2CO1. The second kappa shape index (κ2) is 4.17. The number of ether oxygens (including phenoxy) is 3. The van der Waals surface area contributed by atoms with Crippen LogP contribution in [0.3, 0.4) is 0 Å². The Morgan fingerprint density at radius 1 is 1.50 bits per heavy atom. The van der Waals surface area contributed by atoms with E-state index >= 15 is 0 Å². The molecule has 0 aliphatic carbocycles. The van der Waals surface area contributed by atoms with Crippen molar-refractivity contribution >= 4 is 11.6 Å². The Bertz CT molecular complexity index is 327. The minimum atomic E-state index is -0.304. The third kappa shape index (κ3) is 2.00. The summed E-state index contributed by atoms with van der Waals surface area (Å²) in [6.07, 6.45) is -0.304. The lowest BCUT2D eigenvalue weighted by Gasteiger charge is -2.11. The molecule has 1 aliphatic heterocycles. The standard InChI is InChI=1S/C10H11ClO3/c1-12-10-6-13-9-3-2-8(11)4-7(9)5-14-10/h2-4,10H,5-6H2,1H3. The van der Waals surface area contributed by atoms with E-state index < -0.39 is 0 Å². The molecule has 0 spiro atoms. The second-order valence-corrected chi connectivity index (χ2v) is 3.48. The molecule has 0 bridgehead atoms. The average molecular weight is 215 g/mol. The van der Waals surface area contributed by atoms with E-state index in [-0.39, 0.29) is 6.29 Å². The van der Waals surface area contributed by atoms with Crippen molar-refractivity contribution in [3.05, 3.63) is 28.8 Å². The number of rotatable bonds is 1. The third-order valence-corrected chi connectivity index (χ3v) is 2.32. The molecule has 1 aliphatic rings. The molecular weight excluding hydrogens is 204 g/mol. The Kier molecular flexibility index (Phi) is 2.91. The molecular formula is C10H11ClO3. The van der Waals surface area contributed by atoms with Gasteiger partial charge in [-0.2, -0.15) is 0 Å². The molecule has 0 radical (unpaired) electrons. The quantitative estimate of drug-likeness (QED) is 0.718. The first-order chi connectivity index (χ1) is 6.79. The van der Waals surface area contributed by atoms with E-state index in [1.807, 2.05) is 12.1 Å². The number of halogens is 1. The van der Waals surface area contributed by atoms with E-state index in [0.717, 1.165) is 11.3 Å². The summed E-state index contributed by atoms with van der Waals surface area (Å²) in [6.45, 7) is 0.875. The Hall–Kier alpha value is -0.770. The van der Waals surface area contributed by atoms with Gasteiger partial charge in [0.1, 0.15) is 12.4 Å². The summed E-state index contributed by atoms with van der Waals surface area (Å²) in [5, 5.41) is 0.687. The van der Waals surface area contributed by atoms with E-state index in [9.17, 15) is 0 Å². The highest BCUT2D eigenvalue weighted by molar-refractivity contribution is 6.30. The Morgan fingerprint density at radius 2 is 2.36 bits per heavy atom. The predicted octanol–water partition coefficient (Wildman–Crippen LogP) is 2.22. The summed E-state index contributed by atoms with van der Waals surface area (Å²) in [7, 11) is 1.59. The molecule has 1 unspecified atom stereocenters. The van der Waals surface area contributed by atoms with Crippen molar-refractivity contribution in [1.82, 2.24) is 0 Å². The van der Waals surface area contributed by atoms with Crippen LogP contribution >= 0.6 is 11.6 Å². The topological polar surface area (TPSA) is 27.7 Å². The molecule has 3 nitrogen and oxygen atoms in total. The van der Waals surface area contributed by atoms with Gasteiger partial charge in [-0.3, -0.25) is 0 Å². The second-order valence-electron chi connectivity index (χ2n) is 3.04. The van der Waals surface area contributed by atoms with E-state index in [1.165, 1.54) is 0 Å². The van der Waals surface area contributed by atoms with Crippen LogP contribution in [0.5, 0.6) is 5.75 Å². The van der Waals surface area contributed by atoms with Crippen LogP contribution < -0.4 is 4.74 Å². The molecule has 1 aromatic rings. The van der Waals surface area contributed by atoms with Gasteiger partial charge >= 0.3 is 0 Å². The molecule has 14 heavy (non-hydrogen) atoms. The van der Waals surface area contributed by atoms with Crippen LogP contribution in [-0.4, -0.2) is 20.0 Å². The Labute approximate surface area is 87.5 Å². The van der Waals surface area contributed by atoms with Crippen LogP contribution in [0.15, 0.2) is 18.2 Å². The van der Waals surface area contributed by atoms with Gasteiger partial charge in [-0.05, 0) is 18.2 Å². The van der Waals surface area contributed by atoms with Crippen LogP contribution in [0.1, 0.15) is 5.56 Å². The number of methoxy groups -OCH3 is 1. The first-order valence-electron chi connectivity index (χ1n) is 4.35. The maximum absolute atomic E-state index is 5.86. The Morgan fingerprint density at radius 3 is 3.14 bits per heavy atom. The van der Waals surface area contributed by atoms with Gasteiger partial charge in [0.2, 0.25) is 0 Å². The van der Waals surface area contributed by atoms with Crippen LogP contribution in [0.4, 0.5) is 0 Å². The predicted molar refractivity (Wildman–Crippen MR) is 52.5 cm³/mol. The zero-order chi connectivity index (χ0) is 9.97. The maximum atomic E-state index is 5.86. The van der Waals surface area contributed by atoms with Crippen molar-refractivity contribution in [3.63, 3.8) is 0 Å². The molecule has 1 aromatic carbocycles. The van der Waals surface area contributed by atoms with Gasteiger partial charge in [-0.25, -0.2) is 0 Å². The first-order valence-corrected chi connectivity index (χ1v) is 4.73. The Balaban J connectivity index is 2.21. The fraction of sp³-hybridized carbons (Fsp3) is 0.400. The third-order valence-electron chi connectivity index (χ3n) is 2.09. The fourth-order valence-electron chi connectivity index (χ4n) is 1.33. The highest BCUT2D eigenvalue weighted by Gasteiger charge is 2.16. The van der Waals surface area contributed by atoms with Crippen molar-refractivity contribution in [3.8, 4) is 5.75 Å². The summed E-state index contributed by atoms with van der Waals surface area (Å²) in [5.41, 5.74) is 0.956. The van der Waals surface area contributed by atoms with Gasteiger partial charge in [-0.1, -0.05) is 11.6 Å². The van der Waals surface area contributed by atoms with Crippen LogP contribution in [-0.2, 0) is 16.1 Å². The summed E-state index contributed by atoms with van der Waals surface area (Å²) in [4.78, 5) is 0. The minimum absolute atomic E-state index is 0.304. The summed E-state index contributed by atoms with van der Waals surface area (Å²) in [5.74, 6) is 0.814. The molecule has 4 heteroatoms. The molecule has 0 fully saturated rings. The van der Waals surface area contributed by atoms with Crippen molar-refractivity contribution < 1.29 is 14.2 Å². The van der Waals surface area contributed by atoms with Gasteiger partial charge in [0.05, 0.1) is 6.61 Å². The average Bonchev–Trinajstić information content (AvgIpc) is 2.39. The first kappa shape index (κ1) is 9.77. The highest BCUT2D eigenvalue weighted by atomic mass is 35.5. The van der Waals surface area contributed by atoms with Gasteiger partial charge in [0.15, 0.2) is 6.29 Å². The molecule has 0 N–H and O–H groups in total. The smallest absolute Gasteiger partial charge is 0.191 e. The van der Waals surface area contributed by atoms with E-state index in [0.29, 0.717) is 18.2 Å². The maximum Gasteiger partial charge on any atom is 0.191 e.